The minimum absolute atomic E-state index is 0.575. The number of hydrogen-bond donors (Lipinski definition) is 0. The van der Waals surface area contributed by atoms with E-state index in [1.165, 1.54) is 51.6 Å². The van der Waals surface area contributed by atoms with E-state index in [-0.39, 0.29) is 0 Å². The van der Waals surface area contributed by atoms with Crippen LogP contribution in [-0.2, 0) is 0 Å². The predicted octanol–water partition coefficient (Wildman–Crippen LogP) is 3.44. The molecule has 0 radical (unpaired) electrons. The Bertz CT molecular complexity index is 138. The molecule has 1 aliphatic rings. The summed E-state index contributed by atoms with van der Waals surface area (Å²) in [6, 6.07) is 0. The van der Waals surface area contributed by atoms with Gasteiger partial charge in [0.15, 0.2) is 0 Å². The molecule has 1 rings (SSSR count). The Labute approximate surface area is 83.5 Å². The largest absolute Gasteiger partial charge is 0.298 e. The Morgan fingerprint density at radius 2 is 1.77 bits per heavy atom. The molecule has 0 aromatic carbocycles. The highest BCUT2D eigenvalue weighted by Crippen LogP contribution is 2.37. The van der Waals surface area contributed by atoms with Gasteiger partial charge in [0.2, 0.25) is 0 Å². The summed E-state index contributed by atoms with van der Waals surface area (Å²) >= 11 is 0. The first-order valence-corrected chi connectivity index (χ1v) is 5.98. The number of unbranched alkanes of at least 4 members (excludes halogenated alkanes) is 1. The number of nitrogens with zero attached hydrogens (tertiary/aromatic N) is 1. The molecule has 13 heavy (non-hydrogen) atoms. The van der Waals surface area contributed by atoms with Gasteiger partial charge in [0.05, 0.1) is 0 Å². The lowest BCUT2D eigenvalue weighted by Crippen LogP contribution is -2.51. The zero-order valence-corrected chi connectivity index (χ0v) is 9.60. The third-order valence-corrected chi connectivity index (χ3v) is 3.47. The molecule has 0 aromatic rings. The van der Waals surface area contributed by atoms with Gasteiger partial charge in [-0.2, -0.15) is 0 Å². The van der Waals surface area contributed by atoms with Crippen LogP contribution in [0.25, 0.3) is 0 Å². The highest BCUT2D eigenvalue weighted by atomic mass is 15.2. The van der Waals surface area contributed by atoms with Gasteiger partial charge in [-0.15, -0.1) is 0 Å². The average molecular weight is 183 g/mol. The lowest BCUT2D eigenvalue weighted by atomic mass is 9.77. The molecule has 0 heterocycles. The Hall–Kier alpha value is -0.0400. The summed E-state index contributed by atoms with van der Waals surface area (Å²) in [5.41, 5.74) is 0.575. The lowest BCUT2D eigenvalue weighted by molar-refractivity contribution is 0.0311. The van der Waals surface area contributed by atoms with E-state index in [0.717, 1.165) is 0 Å². The van der Waals surface area contributed by atoms with Gasteiger partial charge in [0.1, 0.15) is 0 Å². The molecule has 0 aliphatic heterocycles. The minimum Gasteiger partial charge on any atom is -0.298 e. The van der Waals surface area contributed by atoms with Crippen LogP contribution in [-0.4, -0.2) is 23.5 Å². The maximum Gasteiger partial charge on any atom is 0.0181 e. The predicted molar refractivity (Wildman–Crippen MR) is 59.0 cm³/mol. The van der Waals surface area contributed by atoms with Crippen LogP contribution in [0.5, 0.6) is 0 Å². The standard InChI is InChI=1S/C12H25N/c1-4-6-11-13(10-5-2)12(3)8-7-9-12/h4-11H2,1-3H3. The van der Waals surface area contributed by atoms with E-state index in [4.69, 9.17) is 0 Å². The van der Waals surface area contributed by atoms with Crippen LogP contribution in [0.4, 0.5) is 0 Å². The second-order valence-electron chi connectivity index (χ2n) is 4.69. The SMILES string of the molecule is CCCCN(CCC)C1(C)CCC1. The zero-order valence-electron chi connectivity index (χ0n) is 9.60. The van der Waals surface area contributed by atoms with E-state index < -0.39 is 0 Å². The second-order valence-corrected chi connectivity index (χ2v) is 4.69. The molecule has 0 saturated heterocycles. The summed E-state index contributed by atoms with van der Waals surface area (Å²) in [5.74, 6) is 0. The first kappa shape index (κ1) is 11.0. The first-order chi connectivity index (χ1) is 6.23. The van der Waals surface area contributed by atoms with Crippen molar-refractivity contribution in [3.8, 4) is 0 Å². The fraction of sp³-hybridized carbons (Fsp3) is 1.00. The third-order valence-electron chi connectivity index (χ3n) is 3.47. The molecule has 1 fully saturated rings. The van der Waals surface area contributed by atoms with Crippen LogP contribution < -0.4 is 0 Å². The number of rotatable bonds is 6. The van der Waals surface area contributed by atoms with Crippen molar-refractivity contribution in [2.24, 2.45) is 0 Å². The molecule has 0 spiro atoms. The highest BCUT2D eigenvalue weighted by molar-refractivity contribution is 4.93. The van der Waals surface area contributed by atoms with Crippen LogP contribution in [0, 0.1) is 0 Å². The summed E-state index contributed by atoms with van der Waals surface area (Å²) in [7, 11) is 0. The summed E-state index contributed by atoms with van der Waals surface area (Å²) in [4.78, 5) is 2.72. The molecule has 0 bridgehead atoms. The van der Waals surface area contributed by atoms with E-state index in [0.29, 0.717) is 5.54 Å². The van der Waals surface area contributed by atoms with Crippen LogP contribution in [0.3, 0.4) is 0 Å². The smallest absolute Gasteiger partial charge is 0.0181 e. The van der Waals surface area contributed by atoms with Crippen molar-refractivity contribution >= 4 is 0 Å². The van der Waals surface area contributed by atoms with Gasteiger partial charge in [-0.3, -0.25) is 4.90 Å². The molecule has 0 amide bonds. The molecule has 1 aliphatic carbocycles. The van der Waals surface area contributed by atoms with Gasteiger partial charge in [-0.25, -0.2) is 0 Å². The van der Waals surface area contributed by atoms with E-state index in [1.807, 2.05) is 0 Å². The molecular formula is C12H25N. The quantitative estimate of drug-likeness (QED) is 0.609. The van der Waals surface area contributed by atoms with Crippen LogP contribution in [0.2, 0.25) is 0 Å². The van der Waals surface area contributed by atoms with Crippen LogP contribution in [0.15, 0.2) is 0 Å². The van der Waals surface area contributed by atoms with Crippen molar-refractivity contribution in [3.63, 3.8) is 0 Å². The average Bonchev–Trinajstić information content (AvgIpc) is 2.08. The summed E-state index contributed by atoms with van der Waals surface area (Å²) in [5, 5.41) is 0. The van der Waals surface area contributed by atoms with Crippen LogP contribution in [0.1, 0.15) is 59.3 Å². The van der Waals surface area contributed by atoms with Crippen molar-refractivity contribution in [2.75, 3.05) is 13.1 Å². The minimum atomic E-state index is 0.575. The fourth-order valence-electron chi connectivity index (χ4n) is 2.28. The van der Waals surface area contributed by atoms with Crippen molar-refractivity contribution in [2.45, 2.75) is 64.8 Å². The van der Waals surface area contributed by atoms with E-state index in [2.05, 4.69) is 25.7 Å². The maximum atomic E-state index is 2.72. The van der Waals surface area contributed by atoms with E-state index in [9.17, 15) is 0 Å². The van der Waals surface area contributed by atoms with E-state index >= 15 is 0 Å². The Morgan fingerprint density at radius 3 is 2.15 bits per heavy atom. The molecule has 78 valence electrons. The second kappa shape index (κ2) is 4.99. The summed E-state index contributed by atoms with van der Waals surface area (Å²) in [6.07, 6.45) is 8.31. The first-order valence-electron chi connectivity index (χ1n) is 5.98. The van der Waals surface area contributed by atoms with Gasteiger partial charge < -0.3 is 0 Å². The van der Waals surface area contributed by atoms with Gasteiger partial charge in [-0.05, 0) is 52.1 Å². The Morgan fingerprint density at radius 1 is 1.08 bits per heavy atom. The molecule has 1 nitrogen and oxygen atoms in total. The van der Waals surface area contributed by atoms with Crippen molar-refractivity contribution in [1.29, 1.82) is 0 Å². The van der Waals surface area contributed by atoms with Crippen molar-refractivity contribution in [3.05, 3.63) is 0 Å². The topological polar surface area (TPSA) is 3.24 Å². The monoisotopic (exact) mass is 183 g/mol. The molecular weight excluding hydrogens is 158 g/mol. The molecule has 1 heteroatoms. The van der Waals surface area contributed by atoms with Gasteiger partial charge in [0.25, 0.3) is 0 Å². The highest BCUT2D eigenvalue weighted by Gasteiger charge is 2.36. The van der Waals surface area contributed by atoms with Gasteiger partial charge in [-0.1, -0.05) is 20.3 Å². The van der Waals surface area contributed by atoms with Crippen LogP contribution >= 0.6 is 0 Å². The van der Waals surface area contributed by atoms with Gasteiger partial charge in [0, 0.05) is 5.54 Å². The lowest BCUT2D eigenvalue weighted by Gasteiger charge is -2.48. The summed E-state index contributed by atoms with van der Waals surface area (Å²) < 4.78 is 0. The van der Waals surface area contributed by atoms with Crippen molar-refractivity contribution < 1.29 is 0 Å². The Balaban J connectivity index is 2.36. The van der Waals surface area contributed by atoms with Crippen molar-refractivity contribution in [1.82, 2.24) is 4.90 Å². The molecule has 0 aromatic heterocycles. The molecule has 0 unspecified atom stereocenters. The normalized spacial score (nSPS) is 20.3. The zero-order chi connectivity index (χ0) is 9.73. The molecule has 0 N–H and O–H groups in total. The third kappa shape index (κ3) is 2.70. The van der Waals surface area contributed by atoms with E-state index in [1.54, 1.807) is 0 Å². The molecule has 0 atom stereocenters. The summed E-state index contributed by atoms with van der Waals surface area (Å²) in [6.45, 7) is 9.65. The Kier molecular flexibility index (Phi) is 4.24. The fourth-order valence-corrected chi connectivity index (χ4v) is 2.28. The number of hydrogen-bond acceptors (Lipinski definition) is 1. The van der Waals surface area contributed by atoms with Gasteiger partial charge >= 0.3 is 0 Å². The maximum absolute atomic E-state index is 2.72. The molecule has 1 saturated carbocycles.